The predicted octanol–water partition coefficient (Wildman–Crippen LogP) is 1.13. The van der Waals surface area contributed by atoms with Crippen molar-refractivity contribution >= 4 is 27.7 Å². The van der Waals surface area contributed by atoms with E-state index in [1.807, 2.05) is 0 Å². The molecule has 1 rings (SSSR count). The molecule has 1 saturated heterocycles. The molecule has 0 radical (unpaired) electrons. The molecule has 5 heteroatoms. The second-order valence-electron chi connectivity index (χ2n) is 3.52. The third-order valence-corrected chi connectivity index (χ3v) is 4.19. The van der Waals surface area contributed by atoms with Crippen molar-refractivity contribution in [2.75, 3.05) is 11.5 Å². The van der Waals surface area contributed by atoms with Crippen LogP contribution in [0.3, 0.4) is 0 Å². The lowest BCUT2D eigenvalue weighted by atomic mass is 9.86. The summed E-state index contributed by atoms with van der Waals surface area (Å²) in [7, 11) is -3.04. The lowest BCUT2D eigenvalue weighted by Crippen LogP contribution is -2.24. The van der Waals surface area contributed by atoms with Crippen LogP contribution in [0.15, 0.2) is 11.6 Å². The van der Waals surface area contributed by atoms with Gasteiger partial charge in [-0.25, -0.2) is 8.42 Å². The number of halogens is 1. The number of sulfone groups is 1. The van der Waals surface area contributed by atoms with Crippen LogP contribution in [0.25, 0.3) is 0 Å². The first-order valence-corrected chi connectivity index (χ1v) is 6.09. The quantitative estimate of drug-likeness (QED) is 0.673. The number of aldehydes is 1. The summed E-state index contributed by atoms with van der Waals surface area (Å²) in [5.74, 6) is -0.00878. The standard InChI is InChI=1S/C8H11ClO3S/c1-7(9)4-8(5-10)2-3-13(11,12)6-8/h5H,1-4,6H2. The first kappa shape index (κ1) is 10.7. The molecule has 1 aliphatic rings. The van der Waals surface area contributed by atoms with E-state index in [0.717, 1.165) is 0 Å². The van der Waals surface area contributed by atoms with E-state index in [1.54, 1.807) is 0 Å². The predicted molar refractivity (Wildman–Crippen MR) is 51.4 cm³/mol. The van der Waals surface area contributed by atoms with Gasteiger partial charge in [0.15, 0.2) is 9.84 Å². The van der Waals surface area contributed by atoms with Crippen LogP contribution in [0.1, 0.15) is 12.8 Å². The van der Waals surface area contributed by atoms with Gasteiger partial charge in [-0.15, -0.1) is 0 Å². The zero-order valence-electron chi connectivity index (χ0n) is 7.12. The highest BCUT2D eigenvalue weighted by Crippen LogP contribution is 2.36. The average Bonchev–Trinajstić information content (AvgIpc) is 2.26. The van der Waals surface area contributed by atoms with Crippen LogP contribution >= 0.6 is 11.6 Å². The van der Waals surface area contributed by atoms with E-state index in [-0.39, 0.29) is 17.9 Å². The van der Waals surface area contributed by atoms with Gasteiger partial charge in [0.1, 0.15) is 6.29 Å². The fraction of sp³-hybridized carbons (Fsp3) is 0.625. The summed E-state index contributed by atoms with van der Waals surface area (Å²) in [6, 6.07) is 0. The van der Waals surface area contributed by atoms with Gasteiger partial charge in [-0.05, 0) is 12.8 Å². The maximum atomic E-state index is 11.2. The van der Waals surface area contributed by atoms with Gasteiger partial charge < -0.3 is 4.79 Å². The molecule has 0 aromatic carbocycles. The summed E-state index contributed by atoms with van der Waals surface area (Å²) in [4.78, 5) is 10.8. The van der Waals surface area contributed by atoms with E-state index < -0.39 is 15.3 Å². The Morgan fingerprint density at radius 3 is 2.54 bits per heavy atom. The van der Waals surface area contributed by atoms with Crippen LogP contribution in [0.5, 0.6) is 0 Å². The fourth-order valence-corrected chi connectivity index (χ4v) is 3.92. The second-order valence-corrected chi connectivity index (χ2v) is 6.23. The molecule has 74 valence electrons. The molecule has 0 amide bonds. The monoisotopic (exact) mass is 222 g/mol. The van der Waals surface area contributed by atoms with Crippen molar-refractivity contribution in [1.29, 1.82) is 0 Å². The highest BCUT2D eigenvalue weighted by atomic mass is 35.5. The topological polar surface area (TPSA) is 51.2 Å². The molecule has 0 bridgehead atoms. The van der Waals surface area contributed by atoms with Crippen LogP contribution in [-0.2, 0) is 14.6 Å². The maximum Gasteiger partial charge on any atom is 0.151 e. The van der Waals surface area contributed by atoms with Crippen LogP contribution in [0.4, 0.5) is 0 Å². The molecular formula is C8H11ClO3S. The van der Waals surface area contributed by atoms with Gasteiger partial charge in [0.05, 0.1) is 11.5 Å². The summed E-state index contributed by atoms with van der Waals surface area (Å²) in [5.41, 5.74) is -0.808. The molecule has 0 N–H and O–H groups in total. The molecule has 1 aliphatic heterocycles. The molecular weight excluding hydrogens is 212 g/mol. The van der Waals surface area contributed by atoms with Crippen LogP contribution in [-0.4, -0.2) is 26.2 Å². The van der Waals surface area contributed by atoms with Gasteiger partial charge in [0.2, 0.25) is 0 Å². The number of allylic oxidation sites excluding steroid dienone is 1. The molecule has 0 spiro atoms. The van der Waals surface area contributed by atoms with Crippen LogP contribution < -0.4 is 0 Å². The van der Waals surface area contributed by atoms with Crippen molar-refractivity contribution in [3.05, 3.63) is 11.6 Å². The first-order chi connectivity index (χ1) is 5.89. The van der Waals surface area contributed by atoms with Crippen molar-refractivity contribution in [1.82, 2.24) is 0 Å². The second kappa shape index (κ2) is 3.42. The van der Waals surface area contributed by atoms with Gasteiger partial charge in [-0.1, -0.05) is 18.2 Å². The molecule has 0 aromatic heterocycles. The number of carbonyl (C=O) groups is 1. The van der Waals surface area contributed by atoms with Gasteiger partial charge in [0.25, 0.3) is 0 Å². The minimum atomic E-state index is -3.04. The summed E-state index contributed by atoms with van der Waals surface area (Å²) >= 11 is 5.57. The first-order valence-electron chi connectivity index (χ1n) is 3.89. The Bertz CT molecular complexity index is 333. The Morgan fingerprint density at radius 2 is 2.23 bits per heavy atom. The SMILES string of the molecule is C=C(Cl)CC1(C=O)CCS(=O)(=O)C1. The van der Waals surface area contributed by atoms with Crippen LogP contribution in [0, 0.1) is 5.41 Å². The zero-order valence-corrected chi connectivity index (χ0v) is 8.70. The van der Waals surface area contributed by atoms with Crippen molar-refractivity contribution in [2.24, 2.45) is 5.41 Å². The van der Waals surface area contributed by atoms with Gasteiger partial charge in [-0.2, -0.15) is 0 Å². The van der Waals surface area contributed by atoms with Crippen molar-refractivity contribution in [3.63, 3.8) is 0 Å². The minimum absolute atomic E-state index is 0.0793. The summed E-state index contributed by atoms with van der Waals surface area (Å²) in [6.07, 6.45) is 1.33. The van der Waals surface area contributed by atoms with Crippen molar-refractivity contribution in [2.45, 2.75) is 12.8 Å². The highest BCUT2D eigenvalue weighted by molar-refractivity contribution is 7.91. The average molecular weight is 223 g/mol. The Labute approximate surface area is 82.7 Å². The van der Waals surface area contributed by atoms with E-state index >= 15 is 0 Å². The Balaban J connectivity index is 2.86. The summed E-state index contributed by atoms with van der Waals surface area (Å²) in [5, 5.41) is 0.337. The molecule has 0 aromatic rings. The molecule has 3 nitrogen and oxygen atoms in total. The van der Waals surface area contributed by atoms with Crippen molar-refractivity contribution < 1.29 is 13.2 Å². The van der Waals surface area contributed by atoms with E-state index in [0.29, 0.717) is 17.7 Å². The normalized spacial score (nSPS) is 31.5. The van der Waals surface area contributed by atoms with Crippen LogP contribution in [0.2, 0.25) is 0 Å². The molecule has 1 fully saturated rings. The zero-order chi connectivity index (χ0) is 10.1. The third kappa shape index (κ3) is 2.54. The lowest BCUT2D eigenvalue weighted by molar-refractivity contribution is -0.115. The fourth-order valence-electron chi connectivity index (χ4n) is 1.60. The largest absolute Gasteiger partial charge is 0.303 e. The lowest BCUT2D eigenvalue weighted by Gasteiger charge is -2.18. The molecule has 1 atom stereocenters. The number of carbonyl (C=O) groups excluding carboxylic acids is 1. The minimum Gasteiger partial charge on any atom is -0.303 e. The molecule has 0 saturated carbocycles. The number of hydrogen-bond donors (Lipinski definition) is 0. The summed E-state index contributed by atoms with van der Waals surface area (Å²) in [6.45, 7) is 3.47. The van der Waals surface area contributed by atoms with Crippen molar-refractivity contribution in [3.8, 4) is 0 Å². The van der Waals surface area contributed by atoms with Gasteiger partial charge >= 0.3 is 0 Å². The maximum absolute atomic E-state index is 11.2. The Kier molecular flexibility index (Phi) is 2.82. The van der Waals surface area contributed by atoms with Gasteiger partial charge in [0, 0.05) is 10.4 Å². The number of rotatable bonds is 3. The Hall–Kier alpha value is -0.350. The number of hydrogen-bond acceptors (Lipinski definition) is 3. The molecule has 1 unspecified atom stereocenters. The van der Waals surface area contributed by atoms with Gasteiger partial charge in [-0.3, -0.25) is 0 Å². The smallest absolute Gasteiger partial charge is 0.151 e. The van der Waals surface area contributed by atoms with E-state index in [4.69, 9.17) is 11.6 Å². The van der Waals surface area contributed by atoms with E-state index in [9.17, 15) is 13.2 Å². The van der Waals surface area contributed by atoms with E-state index in [1.165, 1.54) is 0 Å². The molecule has 0 aliphatic carbocycles. The molecule has 1 heterocycles. The molecule has 13 heavy (non-hydrogen) atoms. The van der Waals surface area contributed by atoms with E-state index in [2.05, 4.69) is 6.58 Å². The highest BCUT2D eigenvalue weighted by Gasteiger charge is 2.42. The third-order valence-electron chi connectivity index (χ3n) is 2.21. The Morgan fingerprint density at radius 1 is 1.62 bits per heavy atom. The summed E-state index contributed by atoms with van der Waals surface area (Å²) < 4.78 is 22.3.